The molecule has 212 valence electrons. The summed E-state index contributed by atoms with van der Waals surface area (Å²) in [7, 11) is 0. The van der Waals surface area contributed by atoms with Gasteiger partial charge in [-0.2, -0.15) is 18.3 Å². The molecule has 2 aromatic heterocycles. The number of nitrogens with one attached hydrogen (secondary N) is 4. The van der Waals surface area contributed by atoms with Gasteiger partial charge in [0, 0.05) is 41.2 Å². The van der Waals surface area contributed by atoms with Crippen molar-refractivity contribution in [3.8, 4) is 17.1 Å². The SMILES string of the molecule is O=C(N[C@@H]1CCOc2ccc(C(F)(F)F)cc21)c1cccc(NC2(c3nc(-c4ccncc4)n[nH]3)CCNCC2)c1. The zero-order chi connectivity index (χ0) is 28.5. The largest absolute Gasteiger partial charge is 0.493 e. The van der Waals surface area contributed by atoms with E-state index in [2.05, 4.69) is 31.1 Å². The number of amides is 1. The van der Waals surface area contributed by atoms with Crippen molar-refractivity contribution in [1.29, 1.82) is 0 Å². The number of alkyl halides is 3. The standard InChI is InChI=1S/C29H28F3N7O2/c30-29(31,32)20-4-5-24-22(17-20)23(8-15-41-24)35-26(40)19-2-1-3-21(16-19)37-28(9-13-34-14-10-28)27-36-25(38-39-27)18-6-11-33-12-7-18/h1-7,11-12,16-17,23,34,37H,8-10,13-15H2,(H,35,40)(H,36,38,39)/t23-/m1/s1. The minimum atomic E-state index is -4.49. The number of aromatic nitrogens is 4. The van der Waals surface area contributed by atoms with Crippen molar-refractivity contribution in [2.75, 3.05) is 25.0 Å². The first-order valence-corrected chi connectivity index (χ1v) is 13.4. The maximum Gasteiger partial charge on any atom is 0.416 e. The second-order valence-corrected chi connectivity index (χ2v) is 10.2. The van der Waals surface area contributed by atoms with Crippen LogP contribution in [0.1, 0.15) is 52.6 Å². The Balaban J connectivity index is 1.23. The number of benzene rings is 2. The number of fused-ring (bicyclic) bond motifs is 1. The minimum Gasteiger partial charge on any atom is -0.493 e. The normalized spacial score (nSPS) is 18.2. The molecule has 12 heteroatoms. The van der Waals surface area contributed by atoms with Gasteiger partial charge in [0.05, 0.1) is 23.8 Å². The van der Waals surface area contributed by atoms with Crippen LogP contribution in [0.4, 0.5) is 18.9 Å². The molecular formula is C29H28F3N7O2. The van der Waals surface area contributed by atoms with Gasteiger partial charge >= 0.3 is 6.18 Å². The van der Waals surface area contributed by atoms with E-state index in [9.17, 15) is 18.0 Å². The predicted molar refractivity (Wildman–Crippen MR) is 145 cm³/mol. The Labute approximate surface area is 233 Å². The number of ether oxygens (including phenoxy) is 1. The summed E-state index contributed by atoms with van der Waals surface area (Å²) in [5.41, 5.74) is 0.938. The Hall–Kier alpha value is -4.45. The molecule has 0 radical (unpaired) electrons. The average molecular weight is 564 g/mol. The number of H-pyrrole nitrogens is 1. The van der Waals surface area contributed by atoms with Crippen LogP contribution in [-0.4, -0.2) is 45.8 Å². The summed E-state index contributed by atoms with van der Waals surface area (Å²) in [6.07, 6.45) is 0.709. The number of piperidine rings is 1. The zero-order valence-corrected chi connectivity index (χ0v) is 22.0. The summed E-state index contributed by atoms with van der Waals surface area (Å²) in [6, 6.07) is 13.5. The number of nitrogens with zero attached hydrogens (tertiary/aromatic N) is 3. The van der Waals surface area contributed by atoms with Gasteiger partial charge in [0.15, 0.2) is 11.6 Å². The summed E-state index contributed by atoms with van der Waals surface area (Å²) in [6.45, 7) is 1.82. The molecule has 2 aliphatic rings. The lowest BCUT2D eigenvalue weighted by Crippen LogP contribution is -2.46. The third-order valence-electron chi connectivity index (χ3n) is 7.52. The van der Waals surface area contributed by atoms with Gasteiger partial charge in [-0.05, 0) is 74.5 Å². The van der Waals surface area contributed by atoms with Crippen LogP contribution in [0.15, 0.2) is 67.0 Å². The van der Waals surface area contributed by atoms with Gasteiger partial charge in [0.2, 0.25) is 0 Å². The molecular weight excluding hydrogens is 535 g/mol. The van der Waals surface area contributed by atoms with Gasteiger partial charge in [0.1, 0.15) is 5.75 Å². The van der Waals surface area contributed by atoms with E-state index < -0.39 is 23.3 Å². The number of carbonyl (C=O) groups excluding carboxylic acids is 1. The van der Waals surface area contributed by atoms with E-state index in [1.54, 1.807) is 30.6 Å². The second kappa shape index (κ2) is 10.8. The molecule has 0 aliphatic carbocycles. The van der Waals surface area contributed by atoms with Crippen molar-refractivity contribution in [3.05, 3.63) is 89.5 Å². The molecule has 0 bridgehead atoms. The van der Waals surface area contributed by atoms with Gasteiger partial charge in [-0.25, -0.2) is 4.98 Å². The van der Waals surface area contributed by atoms with Crippen LogP contribution >= 0.6 is 0 Å². The molecule has 1 atom stereocenters. The molecule has 4 aromatic rings. The fraction of sp³-hybridized carbons (Fsp3) is 0.310. The number of anilines is 1. The van der Waals surface area contributed by atoms with Gasteiger partial charge in [-0.15, -0.1) is 0 Å². The first-order valence-electron chi connectivity index (χ1n) is 13.4. The Kier molecular flexibility index (Phi) is 7.08. The Morgan fingerprint density at radius 2 is 1.85 bits per heavy atom. The van der Waals surface area contributed by atoms with Gasteiger partial charge in [-0.1, -0.05) is 6.07 Å². The van der Waals surface area contributed by atoms with Gasteiger partial charge < -0.3 is 20.7 Å². The maximum absolute atomic E-state index is 13.3. The van der Waals surface area contributed by atoms with E-state index in [4.69, 9.17) is 9.72 Å². The Morgan fingerprint density at radius 1 is 1.05 bits per heavy atom. The molecule has 4 N–H and O–H groups in total. The number of halogens is 3. The highest BCUT2D eigenvalue weighted by Gasteiger charge is 2.38. The van der Waals surface area contributed by atoms with E-state index in [0.717, 1.165) is 43.6 Å². The highest BCUT2D eigenvalue weighted by Crippen LogP contribution is 2.38. The molecule has 6 rings (SSSR count). The van der Waals surface area contributed by atoms with E-state index in [0.29, 0.717) is 47.2 Å². The summed E-state index contributed by atoms with van der Waals surface area (Å²) in [4.78, 5) is 22.2. The van der Waals surface area contributed by atoms with Crippen LogP contribution in [0.25, 0.3) is 11.4 Å². The van der Waals surface area contributed by atoms with E-state index >= 15 is 0 Å². The molecule has 0 saturated carbocycles. The summed E-state index contributed by atoms with van der Waals surface area (Å²) in [5.74, 6) is 1.22. The summed E-state index contributed by atoms with van der Waals surface area (Å²) < 4.78 is 45.6. The van der Waals surface area contributed by atoms with Crippen LogP contribution in [0, 0.1) is 0 Å². The van der Waals surface area contributed by atoms with Crippen LogP contribution in [0.3, 0.4) is 0 Å². The van der Waals surface area contributed by atoms with Crippen LogP contribution in [0.5, 0.6) is 5.75 Å². The third kappa shape index (κ3) is 5.60. The Bertz CT molecular complexity index is 1530. The number of carbonyl (C=O) groups is 1. The number of aromatic amines is 1. The predicted octanol–water partition coefficient (Wildman–Crippen LogP) is 4.83. The van der Waals surface area contributed by atoms with Crippen LogP contribution in [0.2, 0.25) is 0 Å². The molecule has 0 spiro atoms. The minimum absolute atomic E-state index is 0.292. The van der Waals surface area contributed by atoms with Crippen LogP contribution in [-0.2, 0) is 11.7 Å². The van der Waals surface area contributed by atoms with Crippen molar-refractivity contribution in [2.24, 2.45) is 0 Å². The summed E-state index contributed by atoms with van der Waals surface area (Å²) >= 11 is 0. The van der Waals surface area contributed by atoms with E-state index in [1.807, 2.05) is 18.2 Å². The lowest BCUT2D eigenvalue weighted by atomic mass is 9.87. The molecule has 0 unspecified atom stereocenters. The number of rotatable bonds is 6. The molecule has 4 heterocycles. The fourth-order valence-electron chi connectivity index (χ4n) is 5.36. The number of hydrogen-bond donors (Lipinski definition) is 4. The quantitative estimate of drug-likeness (QED) is 0.266. The molecule has 1 amide bonds. The van der Waals surface area contributed by atoms with Crippen molar-refractivity contribution in [3.63, 3.8) is 0 Å². The molecule has 2 aliphatic heterocycles. The molecule has 1 saturated heterocycles. The van der Waals surface area contributed by atoms with Gasteiger partial charge in [0.25, 0.3) is 5.91 Å². The molecule has 41 heavy (non-hydrogen) atoms. The molecule has 9 nitrogen and oxygen atoms in total. The lowest BCUT2D eigenvalue weighted by Gasteiger charge is -2.37. The first kappa shape index (κ1) is 26.8. The van der Waals surface area contributed by atoms with E-state index in [-0.39, 0.29) is 5.91 Å². The highest BCUT2D eigenvalue weighted by molar-refractivity contribution is 5.95. The first-order chi connectivity index (χ1) is 19.8. The third-order valence-corrected chi connectivity index (χ3v) is 7.52. The smallest absolute Gasteiger partial charge is 0.416 e. The van der Waals surface area contributed by atoms with Crippen molar-refractivity contribution in [2.45, 2.75) is 37.0 Å². The monoisotopic (exact) mass is 563 g/mol. The summed E-state index contributed by atoms with van der Waals surface area (Å²) in [5, 5.41) is 17.4. The topological polar surface area (TPSA) is 117 Å². The van der Waals surface area contributed by atoms with Crippen molar-refractivity contribution >= 4 is 11.6 Å². The van der Waals surface area contributed by atoms with Crippen molar-refractivity contribution < 1.29 is 22.7 Å². The fourth-order valence-corrected chi connectivity index (χ4v) is 5.36. The van der Waals surface area contributed by atoms with Crippen molar-refractivity contribution in [1.82, 2.24) is 30.8 Å². The molecule has 1 fully saturated rings. The zero-order valence-electron chi connectivity index (χ0n) is 22.0. The number of pyridine rings is 1. The second-order valence-electron chi connectivity index (χ2n) is 10.2. The average Bonchev–Trinajstić information content (AvgIpc) is 3.49. The maximum atomic E-state index is 13.3. The van der Waals surface area contributed by atoms with Crippen LogP contribution < -0.4 is 20.7 Å². The Morgan fingerprint density at radius 3 is 2.63 bits per heavy atom. The lowest BCUT2D eigenvalue weighted by molar-refractivity contribution is -0.137. The highest BCUT2D eigenvalue weighted by atomic mass is 19.4. The van der Waals surface area contributed by atoms with E-state index in [1.165, 1.54) is 6.07 Å². The number of hydrogen-bond acceptors (Lipinski definition) is 7. The van der Waals surface area contributed by atoms with Gasteiger partial charge in [-0.3, -0.25) is 14.9 Å². The molecule has 2 aromatic carbocycles.